The number of ether oxygens (including phenoxy) is 1. The van der Waals surface area contributed by atoms with Crippen LogP contribution in [0.5, 0.6) is 5.75 Å². The van der Waals surface area contributed by atoms with Crippen molar-refractivity contribution < 1.29 is 26.4 Å². The van der Waals surface area contributed by atoms with Gasteiger partial charge in [0, 0.05) is 11.1 Å². The number of carbonyl (C=O) groups is 1. The first-order chi connectivity index (χ1) is 20.3. The van der Waals surface area contributed by atoms with E-state index in [4.69, 9.17) is 16.3 Å². The average Bonchev–Trinajstić information content (AvgIpc) is 2.96. The second-order valence-corrected chi connectivity index (χ2v) is 14.1. The van der Waals surface area contributed by atoms with E-state index in [1.807, 2.05) is 6.92 Å². The van der Waals surface area contributed by atoms with E-state index in [1.54, 1.807) is 68.4 Å². The van der Waals surface area contributed by atoms with Crippen LogP contribution in [0.1, 0.15) is 35.3 Å². The summed E-state index contributed by atoms with van der Waals surface area (Å²) < 4.78 is 62.8. The molecule has 0 spiro atoms. The highest BCUT2D eigenvalue weighted by Crippen LogP contribution is 2.32. The van der Waals surface area contributed by atoms with Crippen molar-refractivity contribution in [2.24, 2.45) is 0 Å². The van der Waals surface area contributed by atoms with Crippen molar-refractivity contribution in [2.45, 2.75) is 43.1 Å². The molecule has 4 aromatic carbocycles. The molecule has 1 amide bonds. The van der Waals surface area contributed by atoms with Gasteiger partial charge < -0.3 is 10.1 Å². The van der Waals surface area contributed by atoms with E-state index in [9.17, 15) is 21.6 Å². The van der Waals surface area contributed by atoms with Crippen LogP contribution < -0.4 is 19.1 Å². The number of amides is 1. The summed E-state index contributed by atoms with van der Waals surface area (Å²) in [5.74, 6) is -0.444. The fourth-order valence-electron chi connectivity index (χ4n) is 4.30. The van der Waals surface area contributed by atoms with Crippen LogP contribution in [-0.4, -0.2) is 35.9 Å². The van der Waals surface area contributed by atoms with E-state index in [-0.39, 0.29) is 45.1 Å². The quantitative estimate of drug-likeness (QED) is 0.207. The Morgan fingerprint density at radius 1 is 0.884 bits per heavy atom. The number of carbonyl (C=O) groups excluding carboxylic acids is 1. The molecule has 0 saturated carbocycles. The number of aryl methyl sites for hydroxylation is 1. The molecular formula is C31H32ClN3O6S2. The zero-order chi connectivity index (χ0) is 31.4. The van der Waals surface area contributed by atoms with Crippen molar-refractivity contribution >= 4 is 48.9 Å². The Labute approximate surface area is 257 Å². The molecule has 226 valence electrons. The standard InChI is InChI=1S/C31H32ClN3O6S2/c1-21(2)34-42(37,38)26-17-18-30(41-4)28(19-26)33-31(36)27-7-5-6-8-29(27)35(20-23-11-13-24(32)14-12-23)43(39,40)25-15-9-22(3)10-16-25/h5-19,21,34H,20H2,1-4H3,(H,33,36). The molecule has 4 aromatic rings. The maximum Gasteiger partial charge on any atom is 0.264 e. The van der Waals surface area contributed by atoms with E-state index < -0.39 is 26.0 Å². The number of rotatable bonds is 11. The summed E-state index contributed by atoms with van der Waals surface area (Å²) in [6.45, 7) is 5.16. The molecule has 4 rings (SSSR count). The third kappa shape index (κ3) is 7.55. The van der Waals surface area contributed by atoms with Crippen LogP contribution >= 0.6 is 11.6 Å². The molecule has 0 heterocycles. The minimum atomic E-state index is -4.15. The lowest BCUT2D eigenvalue weighted by Crippen LogP contribution is -2.32. The summed E-state index contributed by atoms with van der Waals surface area (Å²) >= 11 is 6.06. The molecule has 2 N–H and O–H groups in total. The third-order valence-corrected chi connectivity index (χ3v) is 10.1. The smallest absolute Gasteiger partial charge is 0.264 e. The Bertz CT molecular complexity index is 1830. The maximum atomic E-state index is 14.1. The fourth-order valence-corrected chi connectivity index (χ4v) is 7.17. The highest BCUT2D eigenvalue weighted by atomic mass is 35.5. The molecule has 0 bridgehead atoms. The number of halogens is 1. The molecule has 0 radical (unpaired) electrons. The third-order valence-electron chi connectivity index (χ3n) is 6.39. The van der Waals surface area contributed by atoms with E-state index >= 15 is 0 Å². The van der Waals surface area contributed by atoms with Crippen molar-refractivity contribution in [2.75, 3.05) is 16.7 Å². The number of hydrogen-bond acceptors (Lipinski definition) is 6. The van der Waals surface area contributed by atoms with Gasteiger partial charge in [-0.05, 0) is 80.9 Å². The Morgan fingerprint density at radius 3 is 2.14 bits per heavy atom. The minimum absolute atomic E-state index is 0.0442. The first kappa shape index (κ1) is 32.0. The van der Waals surface area contributed by atoms with Gasteiger partial charge in [-0.25, -0.2) is 21.6 Å². The second-order valence-electron chi connectivity index (χ2n) is 10.1. The van der Waals surface area contributed by atoms with Crippen LogP contribution in [0, 0.1) is 6.92 Å². The SMILES string of the molecule is COc1ccc(S(=O)(=O)NC(C)C)cc1NC(=O)c1ccccc1N(Cc1ccc(Cl)cc1)S(=O)(=O)c1ccc(C)cc1. The molecule has 0 aromatic heterocycles. The number of benzene rings is 4. The van der Waals surface area contributed by atoms with Gasteiger partial charge in [0.15, 0.2) is 0 Å². The largest absolute Gasteiger partial charge is 0.495 e. The molecule has 0 aliphatic carbocycles. The minimum Gasteiger partial charge on any atom is -0.495 e. The highest BCUT2D eigenvalue weighted by molar-refractivity contribution is 7.92. The van der Waals surface area contributed by atoms with Gasteiger partial charge in [0.25, 0.3) is 15.9 Å². The van der Waals surface area contributed by atoms with Gasteiger partial charge in [-0.2, -0.15) is 0 Å². The molecule has 0 aliphatic rings. The van der Waals surface area contributed by atoms with Crippen molar-refractivity contribution in [1.29, 1.82) is 0 Å². The number of methoxy groups -OCH3 is 1. The van der Waals surface area contributed by atoms with E-state index in [2.05, 4.69) is 10.0 Å². The lowest BCUT2D eigenvalue weighted by molar-refractivity contribution is 0.102. The molecule has 9 nitrogen and oxygen atoms in total. The van der Waals surface area contributed by atoms with Crippen LogP contribution in [-0.2, 0) is 26.6 Å². The van der Waals surface area contributed by atoms with Crippen LogP contribution in [0.15, 0.2) is 101 Å². The van der Waals surface area contributed by atoms with Crippen molar-refractivity contribution in [3.63, 3.8) is 0 Å². The molecule has 0 fully saturated rings. The first-order valence-corrected chi connectivity index (χ1v) is 16.6. The number of nitrogens with one attached hydrogen (secondary N) is 2. The second kappa shape index (κ2) is 13.2. The van der Waals surface area contributed by atoms with Gasteiger partial charge in [-0.1, -0.05) is 53.6 Å². The maximum absolute atomic E-state index is 14.1. The lowest BCUT2D eigenvalue weighted by atomic mass is 10.1. The number of nitrogens with zero attached hydrogens (tertiary/aromatic N) is 1. The molecule has 0 atom stereocenters. The topological polar surface area (TPSA) is 122 Å². The normalized spacial score (nSPS) is 11.8. The Hall–Kier alpha value is -3.90. The predicted molar refractivity (Wildman–Crippen MR) is 169 cm³/mol. The number of anilines is 2. The average molecular weight is 642 g/mol. The Morgan fingerprint density at radius 2 is 1.51 bits per heavy atom. The molecule has 0 saturated heterocycles. The van der Waals surface area contributed by atoms with Gasteiger partial charge >= 0.3 is 0 Å². The zero-order valence-corrected chi connectivity index (χ0v) is 26.4. The molecule has 0 aliphatic heterocycles. The van der Waals surface area contributed by atoms with Crippen LogP contribution in [0.2, 0.25) is 5.02 Å². The first-order valence-electron chi connectivity index (χ1n) is 13.3. The summed E-state index contributed by atoms with van der Waals surface area (Å²) in [6, 6.07) is 23.2. The van der Waals surface area contributed by atoms with Gasteiger partial charge in [-0.3, -0.25) is 9.10 Å². The number of para-hydroxylation sites is 1. The highest BCUT2D eigenvalue weighted by Gasteiger charge is 2.29. The molecular weight excluding hydrogens is 610 g/mol. The summed E-state index contributed by atoms with van der Waals surface area (Å²) in [5.41, 5.74) is 1.80. The van der Waals surface area contributed by atoms with E-state index in [0.29, 0.717) is 10.6 Å². The van der Waals surface area contributed by atoms with E-state index in [1.165, 1.54) is 47.8 Å². The summed E-state index contributed by atoms with van der Waals surface area (Å²) in [7, 11) is -6.63. The predicted octanol–water partition coefficient (Wildman–Crippen LogP) is 5.99. The zero-order valence-electron chi connectivity index (χ0n) is 24.0. The van der Waals surface area contributed by atoms with Gasteiger partial charge in [0.2, 0.25) is 10.0 Å². The fraction of sp³-hybridized carbons (Fsp3) is 0.194. The number of sulfonamides is 2. The van der Waals surface area contributed by atoms with Crippen LogP contribution in [0.3, 0.4) is 0 Å². The lowest BCUT2D eigenvalue weighted by Gasteiger charge is -2.27. The number of hydrogen-bond donors (Lipinski definition) is 2. The van der Waals surface area contributed by atoms with Gasteiger partial charge in [0.1, 0.15) is 5.75 Å². The summed E-state index contributed by atoms with van der Waals surface area (Å²) in [5, 5.41) is 3.21. The monoisotopic (exact) mass is 641 g/mol. The van der Waals surface area contributed by atoms with Crippen LogP contribution in [0.25, 0.3) is 0 Å². The summed E-state index contributed by atoms with van der Waals surface area (Å²) in [6.07, 6.45) is 0. The molecule has 12 heteroatoms. The van der Waals surface area contributed by atoms with Crippen LogP contribution in [0.4, 0.5) is 11.4 Å². The Balaban J connectivity index is 1.79. The van der Waals surface area contributed by atoms with Gasteiger partial charge in [0.05, 0.1) is 40.4 Å². The van der Waals surface area contributed by atoms with Crippen molar-refractivity contribution in [1.82, 2.24) is 4.72 Å². The van der Waals surface area contributed by atoms with Crippen molar-refractivity contribution in [3.8, 4) is 5.75 Å². The molecule has 43 heavy (non-hydrogen) atoms. The van der Waals surface area contributed by atoms with Crippen molar-refractivity contribution in [3.05, 3.63) is 113 Å². The van der Waals surface area contributed by atoms with E-state index in [0.717, 1.165) is 5.56 Å². The molecule has 0 unspecified atom stereocenters. The van der Waals surface area contributed by atoms with Gasteiger partial charge in [-0.15, -0.1) is 0 Å². The Kier molecular flexibility index (Phi) is 9.81. The summed E-state index contributed by atoms with van der Waals surface area (Å²) in [4.78, 5) is 13.8.